The van der Waals surface area contributed by atoms with Crippen molar-refractivity contribution in [2.24, 2.45) is 11.8 Å². The number of thiazole rings is 1. The quantitative estimate of drug-likeness (QED) is 0.437. The molecule has 1 aromatic heterocycles. The van der Waals surface area contributed by atoms with Crippen LogP contribution in [0.3, 0.4) is 0 Å². The van der Waals surface area contributed by atoms with Gasteiger partial charge in [0.1, 0.15) is 10.7 Å². The lowest BCUT2D eigenvalue weighted by atomic mass is 10.0. The molecule has 1 aromatic carbocycles. The Morgan fingerprint density at radius 3 is 2.39 bits per heavy atom. The Bertz CT molecular complexity index is 828. The van der Waals surface area contributed by atoms with Gasteiger partial charge in [-0.1, -0.05) is 59.6 Å². The first-order valence-electron chi connectivity index (χ1n) is 11.4. The van der Waals surface area contributed by atoms with E-state index in [1.807, 2.05) is 17.0 Å². The lowest BCUT2D eigenvalue weighted by Crippen LogP contribution is -2.34. The van der Waals surface area contributed by atoms with Gasteiger partial charge < -0.3 is 10.2 Å². The summed E-state index contributed by atoms with van der Waals surface area (Å²) in [5.74, 6) is 0.580. The third-order valence-corrected chi connectivity index (χ3v) is 5.76. The standard InChI is InChI=1S/C25H37N3O2S/c1-6-7-8-9-20-10-12-21(13-11-20)25(30)28(15-19(4)5)16-23-27-22(17-31-23)24(29)26-14-18(2)3/h10-13,17-19H,6-9,14-16H2,1-5H3,(H,26,29). The molecule has 0 saturated heterocycles. The van der Waals surface area contributed by atoms with E-state index in [0.29, 0.717) is 42.7 Å². The Morgan fingerprint density at radius 1 is 1.06 bits per heavy atom. The summed E-state index contributed by atoms with van der Waals surface area (Å²) in [5.41, 5.74) is 2.40. The van der Waals surface area contributed by atoms with Gasteiger partial charge in [-0.3, -0.25) is 9.59 Å². The predicted octanol–water partition coefficient (Wildman–Crippen LogP) is 5.56. The molecule has 31 heavy (non-hydrogen) atoms. The molecule has 6 heteroatoms. The highest BCUT2D eigenvalue weighted by Crippen LogP contribution is 2.17. The van der Waals surface area contributed by atoms with E-state index in [-0.39, 0.29) is 11.8 Å². The number of aryl methyl sites for hydroxylation is 1. The van der Waals surface area contributed by atoms with Gasteiger partial charge in [0, 0.05) is 24.0 Å². The van der Waals surface area contributed by atoms with Crippen molar-refractivity contribution >= 4 is 23.2 Å². The van der Waals surface area contributed by atoms with Gasteiger partial charge in [-0.25, -0.2) is 4.98 Å². The summed E-state index contributed by atoms with van der Waals surface area (Å²) >= 11 is 1.43. The van der Waals surface area contributed by atoms with Crippen LogP contribution in [0.5, 0.6) is 0 Å². The van der Waals surface area contributed by atoms with Gasteiger partial charge in [-0.15, -0.1) is 11.3 Å². The number of nitrogens with one attached hydrogen (secondary N) is 1. The highest BCUT2D eigenvalue weighted by atomic mass is 32.1. The van der Waals surface area contributed by atoms with E-state index in [9.17, 15) is 9.59 Å². The van der Waals surface area contributed by atoms with E-state index in [2.05, 4.69) is 57.1 Å². The van der Waals surface area contributed by atoms with Crippen molar-refractivity contribution in [2.75, 3.05) is 13.1 Å². The molecule has 0 aliphatic heterocycles. The fourth-order valence-corrected chi connectivity index (χ4v) is 4.06. The number of nitrogens with zero attached hydrogens (tertiary/aromatic N) is 2. The molecule has 0 aliphatic rings. The number of carbonyl (C=O) groups excluding carboxylic acids is 2. The molecule has 0 fully saturated rings. The Kier molecular flexibility index (Phi) is 10.2. The second kappa shape index (κ2) is 12.6. The van der Waals surface area contributed by atoms with Crippen LogP contribution in [-0.4, -0.2) is 34.8 Å². The molecule has 2 rings (SSSR count). The fourth-order valence-electron chi connectivity index (χ4n) is 3.27. The minimum atomic E-state index is -0.156. The van der Waals surface area contributed by atoms with Crippen LogP contribution >= 0.6 is 11.3 Å². The van der Waals surface area contributed by atoms with Crippen molar-refractivity contribution in [1.29, 1.82) is 0 Å². The number of hydrogen-bond donors (Lipinski definition) is 1. The number of carbonyl (C=O) groups is 2. The third-order valence-electron chi connectivity index (χ3n) is 4.92. The van der Waals surface area contributed by atoms with E-state index in [1.165, 1.54) is 36.2 Å². The first kappa shape index (κ1) is 25.1. The highest BCUT2D eigenvalue weighted by molar-refractivity contribution is 7.09. The monoisotopic (exact) mass is 443 g/mol. The van der Waals surface area contributed by atoms with Gasteiger partial charge in [0.2, 0.25) is 0 Å². The number of hydrogen-bond acceptors (Lipinski definition) is 4. The van der Waals surface area contributed by atoms with Crippen molar-refractivity contribution in [3.05, 3.63) is 51.5 Å². The molecule has 0 saturated carbocycles. The van der Waals surface area contributed by atoms with E-state index >= 15 is 0 Å². The fraction of sp³-hybridized carbons (Fsp3) is 0.560. The smallest absolute Gasteiger partial charge is 0.270 e. The van der Waals surface area contributed by atoms with Gasteiger partial charge in [0.05, 0.1) is 6.54 Å². The number of rotatable bonds is 12. The van der Waals surface area contributed by atoms with Crippen molar-refractivity contribution in [2.45, 2.75) is 66.8 Å². The Balaban J connectivity index is 2.06. The molecular weight excluding hydrogens is 406 g/mol. The van der Waals surface area contributed by atoms with Gasteiger partial charge in [-0.2, -0.15) is 0 Å². The minimum absolute atomic E-state index is 0.00909. The predicted molar refractivity (Wildman–Crippen MR) is 129 cm³/mol. The van der Waals surface area contributed by atoms with Crippen LogP contribution in [0.1, 0.15) is 85.3 Å². The molecule has 170 valence electrons. The number of amides is 2. The second-order valence-electron chi connectivity index (χ2n) is 8.96. The molecular formula is C25H37N3O2S. The number of aromatic nitrogens is 1. The van der Waals surface area contributed by atoms with Crippen LogP contribution in [0, 0.1) is 11.8 Å². The van der Waals surface area contributed by atoms with Crippen molar-refractivity contribution in [1.82, 2.24) is 15.2 Å². The number of benzene rings is 1. The lowest BCUT2D eigenvalue weighted by Gasteiger charge is -2.24. The van der Waals surface area contributed by atoms with Crippen LogP contribution in [0.25, 0.3) is 0 Å². The van der Waals surface area contributed by atoms with Crippen molar-refractivity contribution in [3.8, 4) is 0 Å². The van der Waals surface area contributed by atoms with Crippen LogP contribution in [0.15, 0.2) is 29.6 Å². The van der Waals surface area contributed by atoms with Gasteiger partial charge in [-0.05, 0) is 42.4 Å². The summed E-state index contributed by atoms with van der Waals surface area (Å²) < 4.78 is 0. The third kappa shape index (κ3) is 8.44. The molecule has 1 heterocycles. The molecule has 0 atom stereocenters. The zero-order valence-corrected chi connectivity index (χ0v) is 20.4. The topological polar surface area (TPSA) is 62.3 Å². The van der Waals surface area contributed by atoms with E-state index in [4.69, 9.17) is 0 Å². The average molecular weight is 444 g/mol. The molecule has 2 aromatic rings. The SMILES string of the molecule is CCCCCc1ccc(C(=O)N(Cc2nc(C(=O)NCC(C)C)cs2)CC(C)C)cc1. The maximum atomic E-state index is 13.2. The van der Waals surface area contributed by atoms with Gasteiger partial charge in [0.25, 0.3) is 11.8 Å². The number of unbranched alkanes of at least 4 members (excludes halogenated alkanes) is 2. The second-order valence-corrected chi connectivity index (χ2v) is 9.91. The van der Waals surface area contributed by atoms with Crippen molar-refractivity contribution in [3.63, 3.8) is 0 Å². The van der Waals surface area contributed by atoms with E-state index in [1.54, 1.807) is 5.38 Å². The molecule has 0 spiro atoms. The zero-order chi connectivity index (χ0) is 22.8. The maximum absolute atomic E-state index is 13.2. The average Bonchev–Trinajstić information content (AvgIpc) is 3.20. The van der Waals surface area contributed by atoms with Crippen LogP contribution in [-0.2, 0) is 13.0 Å². The van der Waals surface area contributed by atoms with E-state index in [0.717, 1.165) is 11.4 Å². The molecule has 0 unspecified atom stereocenters. The highest BCUT2D eigenvalue weighted by Gasteiger charge is 2.20. The largest absolute Gasteiger partial charge is 0.350 e. The first-order chi connectivity index (χ1) is 14.8. The Labute approximate surface area is 191 Å². The summed E-state index contributed by atoms with van der Waals surface area (Å²) in [6, 6.07) is 8.00. The van der Waals surface area contributed by atoms with Crippen molar-refractivity contribution < 1.29 is 9.59 Å². The minimum Gasteiger partial charge on any atom is -0.350 e. The normalized spacial score (nSPS) is 11.2. The summed E-state index contributed by atoms with van der Waals surface area (Å²) in [6.45, 7) is 12.2. The van der Waals surface area contributed by atoms with Crippen LogP contribution in [0.4, 0.5) is 0 Å². The molecule has 0 radical (unpaired) electrons. The molecule has 1 N–H and O–H groups in total. The maximum Gasteiger partial charge on any atom is 0.270 e. The van der Waals surface area contributed by atoms with Crippen LogP contribution < -0.4 is 5.32 Å². The van der Waals surface area contributed by atoms with E-state index < -0.39 is 0 Å². The Morgan fingerprint density at radius 2 is 1.77 bits per heavy atom. The summed E-state index contributed by atoms with van der Waals surface area (Å²) in [5, 5.41) is 5.44. The Hall–Kier alpha value is -2.21. The molecule has 2 amide bonds. The summed E-state index contributed by atoms with van der Waals surface area (Å²) in [7, 11) is 0. The zero-order valence-electron chi connectivity index (χ0n) is 19.6. The van der Waals surface area contributed by atoms with Gasteiger partial charge >= 0.3 is 0 Å². The summed E-state index contributed by atoms with van der Waals surface area (Å²) in [6.07, 6.45) is 4.67. The van der Waals surface area contributed by atoms with Crippen LogP contribution in [0.2, 0.25) is 0 Å². The molecule has 5 nitrogen and oxygen atoms in total. The lowest BCUT2D eigenvalue weighted by molar-refractivity contribution is 0.0722. The van der Waals surface area contributed by atoms with Gasteiger partial charge in [0.15, 0.2) is 0 Å². The molecule has 0 aliphatic carbocycles. The summed E-state index contributed by atoms with van der Waals surface area (Å²) in [4.78, 5) is 31.8. The first-order valence-corrected chi connectivity index (χ1v) is 12.3. The molecule has 0 bridgehead atoms.